The van der Waals surface area contributed by atoms with Gasteiger partial charge < -0.3 is 5.32 Å². The zero-order chi connectivity index (χ0) is 23.5. The molecule has 174 valence electrons. The summed E-state index contributed by atoms with van der Waals surface area (Å²) in [4.78, 5) is 12.4. The molecular formula is C25H33FN2O3S. The van der Waals surface area contributed by atoms with Crippen LogP contribution in [0.3, 0.4) is 0 Å². The van der Waals surface area contributed by atoms with Gasteiger partial charge in [-0.3, -0.25) is 4.79 Å². The van der Waals surface area contributed by atoms with Gasteiger partial charge in [0.05, 0.1) is 10.9 Å². The fraction of sp³-hybridized carbons (Fsp3) is 0.480. The van der Waals surface area contributed by atoms with Gasteiger partial charge >= 0.3 is 0 Å². The van der Waals surface area contributed by atoms with Crippen molar-refractivity contribution in [2.45, 2.75) is 70.4 Å². The first-order valence-corrected chi connectivity index (χ1v) is 12.6. The van der Waals surface area contributed by atoms with Gasteiger partial charge in [-0.25, -0.2) is 12.8 Å². The number of aryl methyl sites for hydroxylation is 1. The molecule has 3 rings (SSSR count). The quantitative estimate of drug-likeness (QED) is 0.593. The second-order valence-corrected chi connectivity index (χ2v) is 11.4. The average Bonchev–Trinajstić information content (AvgIpc) is 3.16. The number of hydrogen-bond donors (Lipinski definition) is 1. The number of halogens is 1. The molecule has 1 aliphatic heterocycles. The van der Waals surface area contributed by atoms with Gasteiger partial charge in [0.1, 0.15) is 5.82 Å². The molecule has 2 atom stereocenters. The Morgan fingerprint density at radius 3 is 2.28 bits per heavy atom. The highest BCUT2D eigenvalue weighted by Crippen LogP contribution is 2.42. The van der Waals surface area contributed by atoms with E-state index in [0.717, 1.165) is 17.5 Å². The first-order valence-electron chi connectivity index (χ1n) is 11.1. The average molecular weight is 461 g/mol. The molecule has 1 heterocycles. The van der Waals surface area contributed by atoms with Crippen LogP contribution in [0.1, 0.15) is 63.6 Å². The van der Waals surface area contributed by atoms with Crippen molar-refractivity contribution in [1.82, 2.24) is 9.62 Å². The monoisotopic (exact) mass is 460 g/mol. The maximum absolute atomic E-state index is 13.7. The van der Waals surface area contributed by atoms with Crippen molar-refractivity contribution in [2.24, 2.45) is 5.41 Å². The van der Waals surface area contributed by atoms with Crippen molar-refractivity contribution in [1.29, 1.82) is 0 Å². The molecule has 1 aliphatic rings. The largest absolute Gasteiger partial charge is 0.356 e. The molecule has 1 saturated heterocycles. The van der Waals surface area contributed by atoms with E-state index in [4.69, 9.17) is 0 Å². The Balaban J connectivity index is 1.82. The molecule has 2 aromatic rings. The van der Waals surface area contributed by atoms with Gasteiger partial charge in [0, 0.05) is 18.0 Å². The number of nitrogens with zero attached hydrogens (tertiary/aromatic N) is 1. The Hall–Kier alpha value is -2.25. The van der Waals surface area contributed by atoms with Crippen LogP contribution in [0.15, 0.2) is 53.4 Å². The highest BCUT2D eigenvalue weighted by Gasteiger charge is 2.42. The summed E-state index contributed by atoms with van der Waals surface area (Å²) in [6.07, 6.45) is 2.73. The van der Waals surface area contributed by atoms with Gasteiger partial charge in [-0.2, -0.15) is 4.31 Å². The van der Waals surface area contributed by atoms with Crippen LogP contribution in [-0.2, 0) is 14.8 Å². The molecule has 0 aromatic heterocycles. The Morgan fingerprint density at radius 2 is 1.69 bits per heavy atom. The minimum atomic E-state index is -3.74. The van der Waals surface area contributed by atoms with E-state index < -0.39 is 15.4 Å². The standard InChI is InChI=1S/C25H33FN2O3S/c1-18-7-14-22(15-8-18)32(30,31)28-21(6-5-17-27-24(29)25(2,3)4)13-16-23(28)19-9-11-20(26)12-10-19/h7-12,14-15,21,23H,5-6,13,16-17H2,1-4H3,(H,27,29). The SMILES string of the molecule is Cc1ccc(S(=O)(=O)N2C(CCCNC(=O)C(C)(C)C)CCC2c2ccc(F)cc2)cc1. The minimum Gasteiger partial charge on any atom is -0.356 e. The van der Waals surface area contributed by atoms with E-state index in [-0.39, 0.29) is 28.7 Å². The van der Waals surface area contributed by atoms with Crippen molar-refractivity contribution in [3.63, 3.8) is 0 Å². The molecule has 5 nitrogen and oxygen atoms in total. The molecule has 1 amide bonds. The summed E-state index contributed by atoms with van der Waals surface area (Å²) in [6, 6.07) is 12.5. The zero-order valence-corrected chi connectivity index (χ0v) is 20.1. The summed E-state index contributed by atoms with van der Waals surface area (Å²) in [5, 5.41) is 2.94. The number of hydrogen-bond acceptors (Lipinski definition) is 3. The first kappa shape index (κ1) is 24.4. The molecule has 32 heavy (non-hydrogen) atoms. The fourth-order valence-electron chi connectivity index (χ4n) is 4.13. The van der Waals surface area contributed by atoms with Crippen LogP contribution >= 0.6 is 0 Å². The third-order valence-corrected chi connectivity index (χ3v) is 7.95. The Kier molecular flexibility index (Phi) is 7.40. The third-order valence-electron chi connectivity index (χ3n) is 5.97. The number of sulfonamides is 1. The maximum atomic E-state index is 13.7. The highest BCUT2D eigenvalue weighted by atomic mass is 32.2. The molecule has 2 aromatic carbocycles. The van der Waals surface area contributed by atoms with E-state index in [9.17, 15) is 17.6 Å². The molecule has 0 bridgehead atoms. The van der Waals surface area contributed by atoms with Gasteiger partial charge in [0.2, 0.25) is 15.9 Å². The molecule has 1 fully saturated rings. The number of benzene rings is 2. The predicted molar refractivity (Wildman–Crippen MR) is 124 cm³/mol. The number of carbonyl (C=O) groups is 1. The number of rotatable bonds is 7. The van der Waals surface area contributed by atoms with Gasteiger partial charge in [-0.1, -0.05) is 50.6 Å². The van der Waals surface area contributed by atoms with Crippen LogP contribution in [0.25, 0.3) is 0 Å². The van der Waals surface area contributed by atoms with Gasteiger partial charge in [0.15, 0.2) is 0 Å². The van der Waals surface area contributed by atoms with Crippen LogP contribution in [0.5, 0.6) is 0 Å². The molecule has 2 unspecified atom stereocenters. The Bertz CT molecular complexity index is 1030. The topological polar surface area (TPSA) is 66.5 Å². The molecule has 1 N–H and O–H groups in total. The predicted octanol–water partition coefficient (Wildman–Crippen LogP) is 4.97. The van der Waals surface area contributed by atoms with E-state index in [1.807, 2.05) is 27.7 Å². The molecule has 7 heteroatoms. The molecule has 0 saturated carbocycles. The van der Waals surface area contributed by atoms with Crippen LogP contribution in [0, 0.1) is 18.2 Å². The van der Waals surface area contributed by atoms with Gasteiger partial charge in [-0.15, -0.1) is 0 Å². The van der Waals surface area contributed by atoms with Gasteiger partial charge in [-0.05, 0) is 62.4 Å². The summed E-state index contributed by atoms with van der Waals surface area (Å²) in [5.74, 6) is -0.358. The summed E-state index contributed by atoms with van der Waals surface area (Å²) in [5.41, 5.74) is 1.33. The van der Waals surface area contributed by atoms with E-state index >= 15 is 0 Å². The molecule has 0 spiro atoms. The summed E-state index contributed by atoms with van der Waals surface area (Å²) in [6.45, 7) is 8.02. The van der Waals surface area contributed by atoms with Crippen LogP contribution in [0.2, 0.25) is 0 Å². The van der Waals surface area contributed by atoms with Crippen molar-refractivity contribution in [2.75, 3.05) is 6.54 Å². The molecular weight excluding hydrogens is 427 g/mol. The normalized spacial score (nSPS) is 19.8. The van der Waals surface area contributed by atoms with E-state index in [1.165, 1.54) is 12.1 Å². The van der Waals surface area contributed by atoms with Crippen molar-refractivity contribution < 1.29 is 17.6 Å². The summed E-state index contributed by atoms with van der Waals surface area (Å²) < 4.78 is 42.4. The summed E-state index contributed by atoms with van der Waals surface area (Å²) >= 11 is 0. The lowest BCUT2D eigenvalue weighted by atomic mass is 9.95. The lowest BCUT2D eigenvalue weighted by Gasteiger charge is -2.30. The summed E-state index contributed by atoms with van der Waals surface area (Å²) in [7, 11) is -3.74. The highest BCUT2D eigenvalue weighted by molar-refractivity contribution is 7.89. The molecule has 0 radical (unpaired) electrons. The van der Waals surface area contributed by atoms with Crippen LogP contribution < -0.4 is 5.32 Å². The van der Waals surface area contributed by atoms with Gasteiger partial charge in [0.25, 0.3) is 0 Å². The second-order valence-electron chi connectivity index (χ2n) is 9.59. The van der Waals surface area contributed by atoms with Crippen molar-refractivity contribution in [3.05, 3.63) is 65.5 Å². The Labute approximate surface area is 191 Å². The number of carbonyl (C=O) groups excluding carboxylic acids is 1. The first-order chi connectivity index (χ1) is 15.0. The zero-order valence-electron chi connectivity index (χ0n) is 19.3. The van der Waals surface area contributed by atoms with Crippen molar-refractivity contribution in [3.8, 4) is 0 Å². The third kappa shape index (κ3) is 5.56. The smallest absolute Gasteiger partial charge is 0.243 e. The van der Waals surface area contributed by atoms with E-state index in [1.54, 1.807) is 40.7 Å². The molecule has 0 aliphatic carbocycles. The Morgan fingerprint density at radius 1 is 1.06 bits per heavy atom. The van der Waals surface area contributed by atoms with E-state index in [2.05, 4.69) is 5.32 Å². The fourth-order valence-corrected chi connectivity index (χ4v) is 6.02. The minimum absolute atomic E-state index is 0.0164. The number of nitrogens with one attached hydrogen (secondary N) is 1. The lowest BCUT2D eigenvalue weighted by Crippen LogP contribution is -2.39. The number of amides is 1. The van der Waals surface area contributed by atoms with Crippen molar-refractivity contribution >= 4 is 15.9 Å². The van der Waals surface area contributed by atoms with Crippen LogP contribution in [-0.4, -0.2) is 31.2 Å². The maximum Gasteiger partial charge on any atom is 0.243 e. The van der Waals surface area contributed by atoms with E-state index in [0.29, 0.717) is 25.8 Å². The lowest BCUT2D eigenvalue weighted by molar-refractivity contribution is -0.128. The second kappa shape index (κ2) is 9.71. The van der Waals surface area contributed by atoms with Crippen LogP contribution in [0.4, 0.5) is 4.39 Å².